The molecule has 0 bridgehead atoms. The standard InChI is InChI=1S/C30H32N4O5/c1-19-25(18-39-24-15-13-22(14-16-24)21-9-11-23(12-10-21)26(31)32)34(27(35)30(19,2)28(36)38-3)29(37)33-17-20-7-5-4-6-8-20/h4-16,19,25H,17-18H2,1-3H3,(H3,31,32)(H,33,37)/t19?,25-,30+/m1/s1. The molecule has 9 nitrogen and oxygen atoms in total. The van der Waals surface area contributed by atoms with Gasteiger partial charge in [0.15, 0.2) is 0 Å². The number of nitrogens with one attached hydrogen (secondary N) is 2. The van der Waals surface area contributed by atoms with E-state index in [0.29, 0.717) is 11.3 Å². The van der Waals surface area contributed by atoms with Crippen molar-refractivity contribution in [2.45, 2.75) is 26.4 Å². The topological polar surface area (TPSA) is 135 Å². The van der Waals surface area contributed by atoms with Crippen LogP contribution in [0.15, 0.2) is 78.9 Å². The third-order valence-electron chi connectivity index (χ3n) is 7.40. The third kappa shape index (κ3) is 5.47. The molecule has 0 aliphatic carbocycles. The molecule has 9 heteroatoms. The van der Waals surface area contributed by atoms with Crippen LogP contribution in [0.4, 0.5) is 4.79 Å². The number of benzene rings is 3. The number of hydrogen-bond donors (Lipinski definition) is 3. The quantitative estimate of drug-likeness (QED) is 0.175. The van der Waals surface area contributed by atoms with E-state index in [1.807, 2.05) is 54.6 Å². The molecular weight excluding hydrogens is 496 g/mol. The van der Waals surface area contributed by atoms with E-state index in [4.69, 9.17) is 20.6 Å². The van der Waals surface area contributed by atoms with Gasteiger partial charge in [-0.05, 0) is 35.7 Å². The Morgan fingerprint density at radius 3 is 2.15 bits per heavy atom. The summed E-state index contributed by atoms with van der Waals surface area (Å²) < 4.78 is 11.0. The zero-order chi connectivity index (χ0) is 28.2. The fraction of sp³-hybridized carbons (Fsp3) is 0.267. The molecule has 0 aromatic heterocycles. The van der Waals surface area contributed by atoms with Crippen molar-refractivity contribution in [2.75, 3.05) is 13.7 Å². The van der Waals surface area contributed by atoms with Crippen molar-refractivity contribution in [3.05, 3.63) is 90.0 Å². The Morgan fingerprint density at radius 1 is 1.00 bits per heavy atom. The summed E-state index contributed by atoms with van der Waals surface area (Å²) in [6.45, 7) is 3.50. The number of amides is 3. The highest BCUT2D eigenvalue weighted by Crippen LogP contribution is 2.42. The zero-order valence-corrected chi connectivity index (χ0v) is 22.1. The number of nitrogen functional groups attached to an aromatic ring is 1. The normalized spacial score (nSPS) is 20.4. The van der Waals surface area contributed by atoms with Crippen molar-refractivity contribution in [2.24, 2.45) is 17.1 Å². The average Bonchev–Trinajstić information content (AvgIpc) is 3.16. The molecule has 3 aromatic rings. The lowest BCUT2D eigenvalue weighted by atomic mass is 9.78. The van der Waals surface area contributed by atoms with Gasteiger partial charge in [-0.1, -0.05) is 73.7 Å². The predicted molar refractivity (Wildman–Crippen MR) is 147 cm³/mol. The number of likely N-dealkylation sites (tertiary alicyclic amines) is 1. The molecule has 1 aliphatic heterocycles. The smallest absolute Gasteiger partial charge is 0.324 e. The minimum atomic E-state index is -1.53. The molecule has 3 aromatic carbocycles. The maximum atomic E-state index is 13.5. The minimum absolute atomic E-state index is 0.00486. The van der Waals surface area contributed by atoms with Crippen LogP contribution in [0.1, 0.15) is 25.0 Å². The van der Waals surface area contributed by atoms with Gasteiger partial charge in [0.1, 0.15) is 23.6 Å². The summed E-state index contributed by atoms with van der Waals surface area (Å²) in [7, 11) is 1.23. The van der Waals surface area contributed by atoms with E-state index < -0.39 is 35.3 Å². The highest BCUT2D eigenvalue weighted by Gasteiger charge is 2.61. The van der Waals surface area contributed by atoms with Crippen molar-refractivity contribution in [3.8, 4) is 16.9 Å². The number of amidine groups is 1. The number of ether oxygens (including phenoxy) is 2. The molecule has 0 radical (unpaired) electrons. The van der Waals surface area contributed by atoms with Crippen LogP contribution in [0.3, 0.4) is 0 Å². The van der Waals surface area contributed by atoms with E-state index in [0.717, 1.165) is 21.6 Å². The van der Waals surface area contributed by atoms with Gasteiger partial charge in [0.25, 0.3) is 0 Å². The number of nitrogens with zero attached hydrogens (tertiary/aromatic N) is 1. The van der Waals surface area contributed by atoms with Crippen molar-refractivity contribution in [3.63, 3.8) is 0 Å². The maximum absolute atomic E-state index is 13.5. The second-order valence-corrected chi connectivity index (χ2v) is 9.70. The molecule has 1 heterocycles. The number of nitrogens with two attached hydrogens (primary N) is 1. The van der Waals surface area contributed by atoms with E-state index >= 15 is 0 Å². The monoisotopic (exact) mass is 528 g/mol. The number of carbonyl (C=O) groups excluding carboxylic acids is 3. The second-order valence-electron chi connectivity index (χ2n) is 9.70. The number of esters is 1. The lowest BCUT2D eigenvalue weighted by molar-refractivity contribution is -0.159. The number of methoxy groups -OCH3 is 1. The molecule has 1 aliphatic rings. The average molecular weight is 529 g/mol. The Balaban J connectivity index is 1.50. The fourth-order valence-electron chi connectivity index (χ4n) is 4.78. The molecule has 1 fully saturated rings. The number of imide groups is 1. The first-order chi connectivity index (χ1) is 18.7. The van der Waals surface area contributed by atoms with Crippen molar-refractivity contribution in [1.82, 2.24) is 10.2 Å². The highest BCUT2D eigenvalue weighted by molar-refractivity contribution is 6.10. The zero-order valence-electron chi connectivity index (χ0n) is 22.1. The molecule has 4 rings (SSSR count). The molecule has 1 unspecified atom stereocenters. The number of urea groups is 1. The van der Waals surface area contributed by atoms with Crippen LogP contribution in [0.5, 0.6) is 5.75 Å². The maximum Gasteiger partial charge on any atom is 0.324 e. The van der Waals surface area contributed by atoms with Crippen LogP contribution in [0, 0.1) is 16.7 Å². The summed E-state index contributed by atoms with van der Waals surface area (Å²) in [5.74, 6) is -1.31. The van der Waals surface area contributed by atoms with Crippen LogP contribution in [-0.2, 0) is 20.9 Å². The summed E-state index contributed by atoms with van der Waals surface area (Å²) in [6, 6.07) is 22.8. The van der Waals surface area contributed by atoms with E-state index in [9.17, 15) is 14.4 Å². The summed E-state index contributed by atoms with van der Waals surface area (Å²) >= 11 is 0. The van der Waals surface area contributed by atoms with Gasteiger partial charge in [-0.25, -0.2) is 4.79 Å². The van der Waals surface area contributed by atoms with Crippen LogP contribution >= 0.6 is 0 Å². The molecule has 1 saturated heterocycles. The van der Waals surface area contributed by atoms with Gasteiger partial charge in [0.2, 0.25) is 5.91 Å². The first-order valence-corrected chi connectivity index (χ1v) is 12.6. The fourth-order valence-corrected chi connectivity index (χ4v) is 4.78. The van der Waals surface area contributed by atoms with Gasteiger partial charge >= 0.3 is 12.0 Å². The lowest BCUT2D eigenvalue weighted by Gasteiger charge is -2.26. The van der Waals surface area contributed by atoms with Gasteiger partial charge in [-0.2, -0.15) is 0 Å². The van der Waals surface area contributed by atoms with Crippen LogP contribution in [0.25, 0.3) is 11.1 Å². The van der Waals surface area contributed by atoms with E-state index in [-0.39, 0.29) is 19.0 Å². The number of rotatable bonds is 8. The molecule has 202 valence electrons. The summed E-state index contributed by atoms with van der Waals surface area (Å²) in [4.78, 5) is 40.5. The van der Waals surface area contributed by atoms with Gasteiger partial charge in [-0.3, -0.25) is 19.9 Å². The van der Waals surface area contributed by atoms with E-state index in [1.165, 1.54) is 14.0 Å². The largest absolute Gasteiger partial charge is 0.491 e. The Bertz CT molecular complexity index is 1360. The molecule has 0 saturated carbocycles. The summed E-state index contributed by atoms with van der Waals surface area (Å²) in [6.07, 6.45) is 0. The highest BCUT2D eigenvalue weighted by atomic mass is 16.5. The molecular formula is C30H32N4O5. The third-order valence-corrected chi connectivity index (χ3v) is 7.40. The molecule has 0 spiro atoms. The summed E-state index contributed by atoms with van der Waals surface area (Å²) in [5.41, 5.74) is 7.44. The first-order valence-electron chi connectivity index (χ1n) is 12.6. The molecule has 3 atom stereocenters. The van der Waals surface area contributed by atoms with Crippen LogP contribution in [-0.4, -0.2) is 48.4 Å². The predicted octanol–water partition coefficient (Wildman–Crippen LogP) is 3.95. The van der Waals surface area contributed by atoms with Crippen molar-refractivity contribution < 1.29 is 23.9 Å². The van der Waals surface area contributed by atoms with Crippen LogP contribution < -0.4 is 15.8 Å². The van der Waals surface area contributed by atoms with Crippen molar-refractivity contribution >= 4 is 23.7 Å². The number of hydrogen-bond acceptors (Lipinski definition) is 6. The van der Waals surface area contributed by atoms with E-state index in [1.54, 1.807) is 31.2 Å². The van der Waals surface area contributed by atoms with Gasteiger partial charge in [0, 0.05) is 18.0 Å². The Hall–Kier alpha value is -4.66. The summed E-state index contributed by atoms with van der Waals surface area (Å²) in [5, 5.41) is 10.3. The van der Waals surface area contributed by atoms with Gasteiger partial charge in [0.05, 0.1) is 13.2 Å². The van der Waals surface area contributed by atoms with Crippen molar-refractivity contribution in [1.29, 1.82) is 5.41 Å². The van der Waals surface area contributed by atoms with E-state index in [2.05, 4.69) is 5.32 Å². The second kappa shape index (κ2) is 11.4. The Labute approximate surface area is 227 Å². The van der Waals surface area contributed by atoms with Crippen LogP contribution in [0.2, 0.25) is 0 Å². The molecule has 39 heavy (non-hydrogen) atoms. The number of carbonyl (C=O) groups is 3. The minimum Gasteiger partial charge on any atom is -0.491 e. The Kier molecular flexibility index (Phi) is 7.99. The molecule has 3 amide bonds. The van der Waals surface area contributed by atoms with Gasteiger partial charge in [-0.15, -0.1) is 0 Å². The first kappa shape index (κ1) is 27.4. The Morgan fingerprint density at radius 2 is 1.59 bits per heavy atom. The van der Waals surface area contributed by atoms with Gasteiger partial charge < -0.3 is 20.5 Å². The lowest BCUT2D eigenvalue weighted by Crippen LogP contribution is -2.49. The molecule has 4 N–H and O–H groups in total. The SMILES string of the molecule is COC(=O)[C@]1(C)C(=O)N(C(=O)NCc2ccccc2)[C@H](COc2ccc(-c3ccc(C(=N)N)cc3)cc2)C1C.